The Kier molecular flexibility index (Phi) is 3.86. The Balaban J connectivity index is 2.25. The Morgan fingerprint density at radius 3 is 2.72 bits per heavy atom. The highest BCUT2D eigenvalue weighted by Crippen LogP contribution is 2.22. The molecule has 4 N–H and O–H groups in total. The lowest BCUT2D eigenvalue weighted by atomic mass is 10.2. The van der Waals surface area contributed by atoms with Gasteiger partial charge in [-0.1, -0.05) is 12.1 Å². The maximum atomic E-state index is 12.3. The molecule has 2 rings (SSSR count). The lowest BCUT2D eigenvalue weighted by Crippen LogP contribution is -2.39. The number of anilines is 1. The molecule has 0 saturated carbocycles. The van der Waals surface area contributed by atoms with E-state index in [9.17, 15) is 8.42 Å². The molecular weight excluding hydrogens is 254 g/mol. The van der Waals surface area contributed by atoms with Gasteiger partial charge in [0, 0.05) is 6.61 Å². The molecule has 0 amide bonds. The van der Waals surface area contributed by atoms with Crippen LogP contribution < -0.4 is 16.0 Å². The molecule has 7 heteroatoms. The molecule has 18 heavy (non-hydrogen) atoms. The van der Waals surface area contributed by atoms with Crippen LogP contribution in [0.3, 0.4) is 0 Å². The van der Waals surface area contributed by atoms with Crippen LogP contribution in [-0.2, 0) is 14.8 Å². The summed E-state index contributed by atoms with van der Waals surface area (Å²) in [4.78, 5) is 0.145. The maximum Gasteiger partial charge on any atom is 0.243 e. The summed E-state index contributed by atoms with van der Waals surface area (Å²) in [5, 5.41) is 0. The molecule has 1 fully saturated rings. The molecule has 6 nitrogen and oxygen atoms in total. The minimum Gasteiger partial charge on any atom is -0.377 e. The van der Waals surface area contributed by atoms with Crippen LogP contribution in [0.1, 0.15) is 13.3 Å². The zero-order valence-electron chi connectivity index (χ0n) is 10.1. The van der Waals surface area contributed by atoms with Crippen LogP contribution in [0, 0.1) is 0 Å². The molecule has 1 heterocycles. The number of benzene rings is 1. The molecule has 1 aliphatic heterocycles. The van der Waals surface area contributed by atoms with Crippen LogP contribution in [0.25, 0.3) is 0 Å². The monoisotopic (exact) mass is 271 g/mol. The molecule has 100 valence electrons. The van der Waals surface area contributed by atoms with Crippen LogP contribution in [0.2, 0.25) is 0 Å². The van der Waals surface area contributed by atoms with Crippen molar-refractivity contribution >= 4 is 15.7 Å². The standard InChI is InChI=1S/C11H17N3O3S/c1-8-9(6-7-17-8)14-18(15,16)11-5-3-2-4-10(11)13-12/h2-5,8-9,13-14H,6-7,12H2,1H3. The summed E-state index contributed by atoms with van der Waals surface area (Å²) in [7, 11) is -3.59. The molecule has 2 atom stereocenters. The van der Waals surface area contributed by atoms with Gasteiger partial charge < -0.3 is 10.2 Å². The van der Waals surface area contributed by atoms with Gasteiger partial charge in [-0.3, -0.25) is 5.84 Å². The number of hydrogen-bond acceptors (Lipinski definition) is 5. The average Bonchev–Trinajstić information content (AvgIpc) is 2.74. The van der Waals surface area contributed by atoms with Gasteiger partial charge in [-0.25, -0.2) is 13.1 Å². The highest BCUT2D eigenvalue weighted by molar-refractivity contribution is 7.89. The SMILES string of the molecule is CC1OCCC1NS(=O)(=O)c1ccccc1NN. The van der Waals surface area contributed by atoms with E-state index in [1.165, 1.54) is 6.07 Å². The van der Waals surface area contributed by atoms with E-state index in [1.807, 2.05) is 6.92 Å². The summed E-state index contributed by atoms with van der Waals surface area (Å²) in [5.74, 6) is 5.32. The molecule has 0 bridgehead atoms. The Morgan fingerprint density at radius 1 is 1.39 bits per heavy atom. The molecule has 0 aliphatic carbocycles. The van der Waals surface area contributed by atoms with Gasteiger partial charge in [0.1, 0.15) is 4.90 Å². The molecule has 0 aromatic heterocycles. The van der Waals surface area contributed by atoms with Gasteiger partial charge in [0.25, 0.3) is 0 Å². The number of para-hydroxylation sites is 1. The van der Waals surface area contributed by atoms with E-state index in [1.54, 1.807) is 18.2 Å². The molecule has 0 radical (unpaired) electrons. The van der Waals surface area contributed by atoms with Crippen LogP contribution in [0.5, 0.6) is 0 Å². The number of nitrogens with one attached hydrogen (secondary N) is 2. The highest BCUT2D eigenvalue weighted by atomic mass is 32.2. The van der Waals surface area contributed by atoms with Gasteiger partial charge in [-0.15, -0.1) is 0 Å². The fourth-order valence-electron chi connectivity index (χ4n) is 1.97. The zero-order valence-corrected chi connectivity index (χ0v) is 10.9. The van der Waals surface area contributed by atoms with E-state index in [0.717, 1.165) is 0 Å². The van der Waals surface area contributed by atoms with Crippen molar-refractivity contribution in [1.29, 1.82) is 0 Å². The van der Waals surface area contributed by atoms with Gasteiger partial charge in [0.2, 0.25) is 10.0 Å². The fourth-order valence-corrected chi connectivity index (χ4v) is 3.48. The maximum absolute atomic E-state index is 12.3. The quantitative estimate of drug-likeness (QED) is 0.545. The molecule has 1 aromatic rings. The predicted octanol–water partition coefficient (Wildman–Crippen LogP) is 0.428. The number of nitrogens with two attached hydrogens (primary N) is 1. The Labute approximate surface area is 107 Å². The van der Waals surface area contributed by atoms with Crippen molar-refractivity contribution in [1.82, 2.24) is 4.72 Å². The Bertz CT molecular complexity index is 518. The number of ether oxygens (including phenoxy) is 1. The topological polar surface area (TPSA) is 93.4 Å². The third-order valence-corrected chi connectivity index (χ3v) is 4.56. The molecule has 2 unspecified atom stereocenters. The van der Waals surface area contributed by atoms with Crippen molar-refractivity contribution in [2.45, 2.75) is 30.4 Å². The summed E-state index contributed by atoms with van der Waals surface area (Å²) >= 11 is 0. The second kappa shape index (κ2) is 5.23. The number of sulfonamides is 1. The first-order valence-electron chi connectivity index (χ1n) is 5.74. The van der Waals surface area contributed by atoms with Crippen molar-refractivity contribution < 1.29 is 13.2 Å². The minimum absolute atomic E-state index is 0.113. The third kappa shape index (κ3) is 2.64. The third-order valence-electron chi connectivity index (χ3n) is 3.01. The number of hydrazine groups is 1. The first-order valence-corrected chi connectivity index (χ1v) is 7.22. The van der Waals surface area contributed by atoms with Gasteiger partial charge in [-0.2, -0.15) is 0 Å². The molecule has 1 saturated heterocycles. The van der Waals surface area contributed by atoms with Crippen molar-refractivity contribution in [3.63, 3.8) is 0 Å². The predicted molar refractivity (Wildman–Crippen MR) is 68.4 cm³/mol. The van der Waals surface area contributed by atoms with Crippen LogP contribution >= 0.6 is 0 Å². The fraction of sp³-hybridized carbons (Fsp3) is 0.455. The van der Waals surface area contributed by atoms with E-state index in [-0.39, 0.29) is 17.0 Å². The number of nitrogen functional groups attached to an aromatic ring is 1. The number of rotatable bonds is 4. The summed E-state index contributed by atoms with van der Waals surface area (Å²) in [6.45, 7) is 2.43. The van der Waals surface area contributed by atoms with E-state index in [0.29, 0.717) is 18.7 Å². The Hall–Kier alpha value is -1.15. The molecular formula is C11H17N3O3S. The van der Waals surface area contributed by atoms with Gasteiger partial charge in [-0.05, 0) is 25.5 Å². The van der Waals surface area contributed by atoms with E-state index < -0.39 is 10.0 Å². The summed E-state index contributed by atoms with van der Waals surface area (Å²) in [6, 6.07) is 6.31. The van der Waals surface area contributed by atoms with Crippen LogP contribution in [0.15, 0.2) is 29.2 Å². The first-order chi connectivity index (χ1) is 8.54. The van der Waals surface area contributed by atoms with Crippen LogP contribution in [0.4, 0.5) is 5.69 Å². The van der Waals surface area contributed by atoms with E-state index in [2.05, 4.69) is 10.1 Å². The first kappa shape index (κ1) is 13.3. The van der Waals surface area contributed by atoms with Crippen LogP contribution in [-0.4, -0.2) is 27.2 Å². The lowest BCUT2D eigenvalue weighted by molar-refractivity contribution is 0.117. The second-order valence-electron chi connectivity index (χ2n) is 4.23. The zero-order chi connectivity index (χ0) is 13.2. The number of hydrogen-bond donors (Lipinski definition) is 3. The van der Waals surface area contributed by atoms with E-state index in [4.69, 9.17) is 10.6 Å². The molecule has 1 aromatic carbocycles. The van der Waals surface area contributed by atoms with Crippen molar-refractivity contribution in [3.05, 3.63) is 24.3 Å². The van der Waals surface area contributed by atoms with E-state index >= 15 is 0 Å². The van der Waals surface area contributed by atoms with Crippen molar-refractivity contribution in [2.24, 2.45) is 5.84 Å². The normalized spacial score (nSPS) is 24.1. The van der Waals surface area contributed by atoms with Crippen molar-refractivity contribution in [3.8, 4) is 0 Å². The highest BCUT2D eigenvalue weighted by Gasteiger charge is 2.30. The summed E-state index contributed by atoms with van der Waals surface area (Å²) in [5.41, 5.74) is 2.76. The molecule has 0 spiro atoms. The Morgan fingerprint density at radius 2 is 2.11 bits per heavy atom. The molecule has 1 aliphatic rings. The van der Waals surface area contributed by atoms with Gasteiger partial charge in [0.15, 0.2) is 0 Å². The second-order valence-corrected chi connectivity index (χ2v) is 5.92. The van der Waals surface area contributed by atoms with Gasteiger partial charge in [0.05, 0.1) is 17.8 Å². The van der Waals surface area contributed by atoms with Gasteiger partial charge >= 0.3 is 0 Å². The summed E-state index contributed by atoms with van der Waals surface area (Å²) in [6.07, 6.45) is 0.566. The van der Waals surface area contributed by atoms with Crippen molar-refractivity contribution in [2.75, 3.05) is 12.0 Å². The largest absolute Gasteiger partial charge is 0.377 e. The lowest BCUT2D eigenvalue weighted by Gasteiger charge is -2.17. The average molecular weight is 271 g/mol. The summed E-state index contributed by atoms with van der Waals surface area (Å²) < 4.78 is 32.5. The smallest absolute Gasteiger partial charge is 0.243 e. The minimum atomic E-state index is -3.59.